The highest BCUT2D eigenvalue weighted by molar-refractivity contribution is 7.99. The number of carbonyl (C=O) groups is 1. The third kappa shape index (κ3) is 3.50. The van der Waals surface area contributed by atoms with Gasteiger partial charge in [0.2, 0.25) is 0 Å². The van der Waals surface area contributed by atoms with Crippen LogP contribution in [0.5, 0.6) is 0 Å². The third-order valence-electron chi connectivity index (χ3n) is 3.23. The van der Waals surface area contributed by atoms with Crippen LogP contribution < -0.4 is 5.32 Å². The minimum Gasteiger partial charge on any atom is -0.320 e. The van der Waals surface area contributed by atoms with Crippen molar-refractivity contribution in [2.24, 2.45) is 0 Å². The monoisotopic (exact) mass is 381 g/mol. The first-order chi connectivity index (χ1) is 11.1. The van der Waals surface area contributed by atoms with Crippen LogP contribution in [0, 0.1) is 0 Å². The quantitative estimate of drug-likeness (QED) is 0.517. The van der Waals surface area contributed by atoms with E-state index in [9.17, 15) is 4.79 Å². The van der Waals surface area contributed by atoms with Crippen molar-refractivity contribution in [1.29, 1.82) is 0 Å². The number of thioether (sulfide) groups is 1. The molecule has 0 aliphatic carbocycles. The summed E-state index contributed by atoms with van der Waals surface area (Å²) in [5.41, 5.74) is 0.802. The smallest absolute Gasteiger partial charge is 0.267 e. The van der Waals surface area contributed by atoms with Gasteiger partial charge < -0.3 is 5.32 Å². The van der Waals surface area contributed by atoms with Crippen LogP contribution in [0.3, 0.4) is 0 Å². The Morgan fingerprint density at radius 3 is 2.78 bits per heavy atom. The Kier molecular flexibility index (Phi) is 5.17. The fraction of sp³-hybridized carbons (Fsp3) is 0.118. The molecule has 0 saturated heterocycles. The zero-order valence-corrected chi connectivity index (χ0v) is 15.4. The van der Waals surface area contributed by atoms with E-state index in [2.05, 4.69) is 12.2 Å². The molecule has 1 heterocycles. The summed E-state index contributed by atoms with van der Waals surface area (Å²) in [5.74, 6) is 0.742. The number of amides is 1. The van der Waals surface area contributed by atoms with Crippen molar-refractivity contribution >= 4 is 68.0 Å². The van der Waals surface area contributed by atoms with Crippen molar-refractivity contribution in [3.8, 4) is 0 Å². The Balaban J connectivity index is 1.94. The Bertz CT molecular complexity index is 876. The highest BCUT2D eigenvalue weighted by Gasteiger charge is 2.18. The minimum absolute atomic E-state index is 0.198. The summed E-state index contributed by atoms with van der Waals surface area (Å²) in [6.45, 7) is 2.08. The van der Waals surface area contributed by atoms with Crippen LogP contribution in [0.4, 0.5) is 5.69 Å². The molecule has 3 aromatic rings. The second-order valence-corrected chi connectivity index (χ2v) is 7.94. The minimum atomic E-state index is -0.198. The molecule has 2 nitrogen and oxygen atoms in total. The van der Waals surface area contributed by atoms with Crippen molar-refractivity contribution in [2.45, 2.75) is 11.8 Å². The van der Waals surface area contributed by atoms with Crippen LogP contribution in [-0.2, 0) is 0 Å². The van der Waals surface area contributed by atoms with Gasteiger partial charge in [-0.1, -0.05) is 48.3 Å². The van der Waals surface area contributed by atoms with Crippen molar-refractivity contribution in [2.75, 3.05) is 11.1 Å². The maximum absolute atomic E-state index is 12.6. The molecule has 118 valence electrons. The highest BCUT2D eigenvalue weighted by Crippen LogP contribution is 2.37. The number of thiophene rings is 1. The van der Waals surface area contributed by atoms with Gasteiger partial charge in [-0.05, 0) is 30.0 Å². The zero-order valence-electron chi connectivity index (χ0n) is 12.2. The molecule has 0 unspecified atom stereocenters. The van der Waals surface area contributed by atoms with Crippen LogP contribution in [-0.4, -0.2) is 11.7 Å². The first kappa shape index (κ1) is 16.7. The Morgan fingerprint density at radius 2 is 2.00 bits per heavy atom. The lowest BCUT2D eigenvalue weighted by Crippen LogP contribution is -2.11. The van der Waals surface area contributed by atoms with Crippen LogP contribution in [0.2, 0.25) is 10.0 Å². The maximum atomic E-state index is 12.6. The predicted octanol–water partition coefficient (Wildman–Crippen LogP) is 6.57. The molecule has 6 heteroatoms. The van der Waals surface area contributed by atoms with E-state index in [1.165, 1.54) is 11.3 Å². The molecule has 1 aromatic heterocycles. The van der Waals surface area contributed by atoms with Crippen molar-refractivity contribution in [3.05, 3.63) is 57.4 Å². The molecule has 0 spiro atoms. The summed E-state index contributed by atoms with van der Waals surface area (Å²) in [5, 5.41) is 4.91. The van der Waals surface area contributed by atoms with Gasteiger partial charge in [0.15, 0.2) is 0 Å². The number of para-hydroxylation sites is 1. The first-order valence-electron chi connectivity index (χ1n) is 7.01. The molecule has 0 aliphatic heterocycles. The predicted molar refractivity (Wildman–Crippen MR) is 103 cm³/mol. The Labute approximate surface area is 152 Å². The molecule has 23 heavy (non-hydrogen) atoms. The SMILES string of the molecule is CCSc1ccccc1NC(=O)c1sc2cc(Cl)ccc2c1Cl. The molecular weight excluding hydrogens is 369 g/mol. The Morgan fingerprint density at radius 1 is 1.22 bits per heavy atom. The fourth-order valence-electron chi connectivity index (χ4n) is 2.22. The summed E-state index contributed by atoms with van der Waals surface area (Å²) in [7, 11) is 0. The van der Waals surface area contributed by atoms with Crippen LogP contribution in [0.15, 0.2) is 47.4 Å². The van der Waals surface area contributed by atoms with E-state index in [0.717, 1.165) is 26.4 Å². The summed E-state index contributed by atoms with van der Waals surface area (Å²) in [4.78, 5) is 14.2. The normalized spacial score (nSPS) is 10.9. The van der Waals surface area contributed by atoms with Gasteiger partial charge in [0.25, 0.3) is 5.91 Å². The average Bonchev–Trinajstić information content (AvgIpc) is 2.86. The largest absolute Gasteiger partial charge is 0.320 e. The van der Waals surface area contributed by atoms with Crippen LogP contribution >= 0.6 is 46.3 Å². The zero-order chi connectivity index (χ0) is 16.4. The molecule has 0 radical (unpaired) electrons. The van der Waals surface area contributed by atoms with E-state index in [-0.39, 0.29) is 5.91 Å². The molecular formula is C17H13Cl2NOS2. The number of carbonyl (C=O) groups excluding carboxylic acids is 1. The summed E-state index contributed by atoms with van der Waals surface area (Å²) in [6.07, 6.45) is 0. The van der Waals surface area contributed by atoms with Gasteiger partial charge in [0.05, 0.1) is 10.7 Å². The van der Waals surface area contributed by atoms with E-state index in [1.807, 2.05) is 36.4 Å². The number of halogens is 2. The van der Waals surface area contributed by atoms with Gasteiger partial charge in [-0.2, -0.15) is 0 Å². The molecule has 2 aromatic carbocycles. The molecule has 0 fully saturated rings. The average molecular weight is 382 g/mol. The summed E-state index contributed by atoms with van der Waals surface area (Å²) < 4.78 is 0.906. The second kappa shape index (κ2) is 7.14. The number of nitrogens with one attached hydrogen (secondary N) is 1. The lowest BCUT2D eigenvalue weighted by molar-refractivity contribution is 0.103. The second-order valence-electron chi connectivity index (χ2n) is 4.77. The molecule has 0 saturated carbocycles. The van der Waals surface area contributed by atoms with Gasteiger partial charge in [-0.25, -0.2) is 0 Å². The number of hydrogen-bond donors (Lipinski definition) is 1. The van der Waals surface area contributed by atoms with Crippen molar-refractivity contribution in [1.82, 2.24) is 0 Å². The van der Waals surface area contributed by atoms with E-state index in [0.29, 0.717) is 14.9 Å². The Hall–Kier alpha value is -1.20. The highest BCUT2D eigenvalue weighted by atomic mass is 35.5. The van der Waals surface area contributed by atoms with Crippen molar-refractivity contribution in [3.63, 3.8) is 0 Å². The van der Waals surface area contributed by atoms with Gasteiger partial charge in [0, 0.05) is 20.0 Å². The molecule has 0 atom stereocenters. The fourth-order valence-corrected chi connectivity index (χ4v) is 4.66. The van der Waals surface area contributed by atoms with Gasteiger partial charge in [-0.15, -0.1) is 23.1 Å². The number of hydrogen-bond acceptors (Lipinski definition) is 3. The standard InChI is InChI=1S/C17H13Cl2NOS2/c1-2-22-13-6-4-3-5-12(13)20-17(21)16-15(19)11-8-7-10(18)9-14(11)23-16/h3-9H,2H2,1H3,(H,20,21). The lowest BCUT2D eigenvalue weighted by atomic mass is 10.2. The number of rotatable bonds is 4. The van der Waals surface area contributed by atoms with Gasteiger partial charge in [-0.3, -0.25) is 4.79 Å². The topological polar surface area (TPSA) is 29.1 Å². The summed E-state index contributed by atoms with van der Waals surface area (Å²) in [6, 6.07) is 13.2. The molecule has 0 aliphatic rings. The van der Waals surface area contributed by atoms with Gasteiger partial charge >= 0.3 is 0 Å². The van der Waals surface area contributed by atoms with E-state index in [4.69, 9.17) is 23.2 Å². The van der Waals surface area contributed by atoms with Crippen LogP contribution in [0.1, 0.15) is 16.6 Å². The molecule has 0 bridgehead atoms. The van der Waals surface area contributed by atoms with E-state index in [1.54, 1.807) is 17.8 Å². The first-order valence-corrected chi connectivity index (χ1v) is 9.56. The summed E-state index contributed by atoms with van der Waals surface area (Å²) >= 11 is 15.4. The number of fused-ring (bicyclic) bond motifs is 1. The molecule has 1 amide bonds. The maximum Gasteiger partial charge on any atom is 0.267 e. The van der Waals surface area contributed by atoms with Crippen molar-refractivity contribution < 1.29 is 4.79 Å². The number of anilines is 1. The molecule has 3 rings (SSSR count). The molecule has 1 N–H and O–H groups in total. The van der Waals surface area contributed by atoms with E-state index < -0.39 is 0 Å². The number of benzene rings is 2. The van der Waals surface area contributed by atoms with Gasteiger partial charge in [0.1, 0.15) is 4.88 Å². The van der Waals surface area contributed by atoms with E-state index >= 15 is 0 Å². The van der Waals surface area contributed by atoms with Crippen LogP contribution in [0.25, 0.3) is 10.1 Å². The lowest BCUT2D eigenvalue weighted by Gasteiger charge is -2.09. The third-order valence-corrected chi connectivity index (χ3v) is 6.08.